The highest BCUT2D eigenvalue weighted by atomic mass is 16.6. The number of hydrazine groups is 1. The molecule has 0 spiro atoms. The van der Waals surface area contributed by atoms with Crippen molar-refractivity contribution < 1.29 is 76.4 Å². The minimum absolute atomic E-state index is 0.0106. The van der Waals surface area contributed by atoms with Crippen molar-refractivity contribution in [2.75, 3.05) is 19.8 Å². The van der Waals surface area contributed by atoms with E-state index in [0.717, 1.165) is 62.2 Å². The molecule has 606 valence electrons. The van der Waals surface area contributed by atoms with Crippen LogP contribution in [0.25, 0.3) is 10.4 Å². The number of carbonyl (C=O) groups is 3. The van der Waals surface area contributed by atoms with Crippen LogP contribution in [0.3, 0.4) is 0 Å². The van der Waals surface area contributed by atoms with Gasteiger partial charge >= 0.3 is 17.8 Å². The number of carboxylic acid groups (broad SMARTS) is 1. The molecule has 21 atom stereocenters. The van der Waals surface area contributed by atoms with Gasteiger partial charge in [0.25, 0.3) is 0 Å². The Labute approximate surface area is 677 Å². The molecule has 2 saturated heterocycles. The maximum Gasteiger partial charge on any atom is 0.435 e. The van der Waals surface area contributed by atoms with Gasteiger partial charge in [0.15, 0.2) is 0 Å². The zero-order valence-electron chi connectivity index (χ0n) is 66.7. The molecular weight excluding hydrogens is 1450 g/mol. The van der Waals surface area contributed by atoms with Gasteiger partial charge in [0.1, 0.15) is 54.9 Å². The molecule has 1 unspecified atom stereocenters. The number of fused-ring (bicyclic) bond motifs is 5. The SMILES string of the molecule is CCOC(=O)C(=O)N[N+](=[N+]=[N-])[C@H]1CC[C@@]2(C)[C@@H](C1)C[C@H](C1O[C@H](COCc3ccccc3)[C@@H](OCc3ccccc3)[C@H](OCc3ccccc3)[C@H]1OCc1ccccc1)[C@@H]1[C@@H]2C[C@@H]([C@@H]2O[C@H](COCc3ccccc3)[C@@H](OCc3ccccc3)[C@H](OCc3ccccc3)[C@H]2OCc2ccccc2)[C@]2(C)[C@@H]([C@H](C)CCC(=O)O)CC[C@@H]12. The minimum Gasteiger partial charge on any atom is -0.481 e. The third-order valence-corrected chi connectivity index (χ3v) is 26.3. The molecule has 6 fully saturated rings. The molecule has 0 bridgehead atoms. The number of carboxylic acids is 1. The summed E-state index contributed by atoms with van der Waals surface area (Å²) in [6.45, 7) is 11.3. The lowest BCUT2D eigenvalue weighted by Crippen LogP contribution is -2.70. The largest absolute Gasteiger partial charge is 0.481 e. The van der Waals surface area contributed by atoms with Crippen molar-refractivity contribution in [3.05, 3.63) is 298 Å². The summed E-state index contributed by atoms with van der Waals surface area (Å²) in [6, 6.07) is 81.1. The van der Waals surface area contributed by atoms with Gasteiger partial charge in [-0.25, -0.2) is 9.59 Å². The quantitative estimate of drug-likeness (QED) is 0.00717. The number of ether oxygens (including phenoxy) is 11. The van der Waals surface area contributed by atoms with Crippen LogP contribution in [0.2, 0.25) is 0 Å². The zero-order valence-corrected chi connectivity index (χ0v) is 66.7. The fourth-order valence-electron chi connectivity index (χ4n) is 20.8. The molecule has 4 saturated carbocycles. The van der Waals surface area contributed by atoms with Crippen molar-refractivity contribution in [2.24, 2.45) is 58.2 Å². The molecule has 1 amide bonds. The van der Waals surface area contributed by atoms with E-state index in [4.69, 9.17) is 52.1 Å². The summed E-state index contributed by atoms with van der Waals surface area (Å²) in [4.78, 5) is 44.8. The lowest BCUT2D eigenvalue weighted by Gasteiger charge is -2.68. The number of hydrogen-bond donors (Lipinski definition) is 2. The van der Waals surface area contributed by atoms with E-state index in [9.17, 15) is 25.0 Å². The predicted octanol–water partition coefficient (Wildman–Crippen LogP) is 17.4. The van der Waals surface area contributed by atoms with Crippen LogP contribution in [0, 0.1) is 58.2 Å². The average Bonchev–Trinajstić information content (AvgIpc) is 1.65. The van der Waals surface area contributed by atoms with Crippen molar-refractivity contribution in [1.29, 1.82) is 0 Å². The number of esters is 1. The molecule has 19 nitrogen and oxygen atoms in total. The van der Waals surface area contributed by atoms with Crippen LogP contribution in [0.1, 0.15) is 130 Å². The van der Waals surface area contributed by atoms with E-state index in [1.807, 2.05) is 146 Å². The van der Waals surface area contributed by atoms with Crippen LogP contribution in [-0.2, 0) is 119 Å². The molecule has 115 heavy (non-hydrogen) atoms. The molecule has 0 radical (unpaired) electrons. The maximum atomic E-state index is 13.7. The number of rotatable bonds is 35. The summed E-state index contributed by atoms with van der Waals surface area (Å²) >= 11 is 0. The molecule has 8 aromatic carbocycles. The molecule has 2 aliphatic heterocycles. The lowest BCUT2D eigenvalue weighted by atomic mass is 9.39. The number of hydrogen-bond acceptors (Lipinski definition) is 14. The fraction of sp³-hybridized carbons (Fsp3) is 0.469. The van der Waals surface area contributed by atoms with E-state index in [1.54, 1.807) is 6.92 Å². The Kier molecular flexibility index (Phi) is 28.6. The van der Waals surface area contributed by atoms with E-state index < -0.39 is 95.8 Å². The Morgan fingerprint density at radius 1 is 0.487 bits per heavy atom. The normalized spacial score (nSPS) is 29.8. The lowest BCUT2D eigenvalue weighted by molar-refractivity contribution is -0.637. The Bertz CT molecular complexity index is 4390. The first kappa shape index (κ1) is 82.6. The van der Waals surface area contributed by atoms with Crippen molar-refractivity contribution in [2.45, 2.75) is 205 Å². The van der Waals surface area contributed by atoms with Crippen LogP contribution in [0.4, 0.5) is 0 Å². The molecule has 4 aliphatic carbocycles. The first-order chi connectivity index (χ1) is 56.3. The van der Waals surface area contributed by atoms with Gasteiger partial charge in [-0.2, -0.15) is 0 Å². The Morgan fingerprint density at radius 3 is 1.27 bits per heavy atom. The van der Waals surface area contributed by atoms with E-state index in [1.165, 1.54) is 0 Å². The van der Waals surface area contributed by atoms with Gasteiger partial charge in [0.2, 0.25) is 5.53 Å². The predicted molar refractivity (Wildman–Crippen MR) is 434 cm³/mol. The maximum absolute atomic E-state index is 13.7. The van der Waals surface area contributed by atoms with E-state index in [0.29, 0.717) is 51.7 Å². The van der Waals surface area contributed by atoms with E-state index in [2.05, 4.69) is 128 Å². The summed E-state index contributed by atoms with van der Waals surface area (Å²) < 4.78 is 80.9. The number of aliphatic carboxylic acids is 1. The van der Waals surface area contributed by atoms with Crippen molar-refractivity contribution in [3.8, 4) is 0 Å². The molecule has 6 aliphatic rings. The number of benzene rings is 8. The third-order valence-electron chi connectivity index (χ3n) is 26.3. The van der Waals surface area contributed by atoms with Gasteiger partial charge in [-0.1, -0.05) is 263 Å². The molecule has 0 aromatic heterocycles. The number of nitrogens with one attached hydrogen (secondary N) is 1. The number of amides is 1. The molecule has 14 rings (SSSR count). The third kappa shape index (κ3) is 20.0. The average molecular weight is 1560 g/mol. The minimum atomic E-state index is -1.09. The number of carbonyl (C=O) groups excluding carboxylic acids is 2. The monoisotopic (exact) mass is 1560 g/mol. The smallest absolute Gasteiger partial charge is 0.435 e. The Hall–Kier alpha value is -8.92. The standard InChI is InChI=1S/C96H112N4O15/c1-5-107-94(104)93(103)98-100(99-97)75-50-51-95(3)74(52-75)53-76(85-89(110-59-70-38-22-10-23-39-70)91(112-61-72-42-26-12-27-43-72)87(108-57-68-34-18-8-19-35-68)81(114-85)63-105-55-66-30-14-6-15-31-66)84-78-48-47-77(65(2)46-49-83(101)102)96(78,4)80(54-79(84)95)86-90(111-60-71-40-24-11-25-41-71)92(113-62-73-44-28-13-29-45-73)88(109-58-69-36-20-9-21-37-69)82(115-86)64-106-56-67-32-16-7-17-33-67/h6-45,65,74-82,84-92H,5,46-64H2,1-4H3,(H-,98,101,102,103)/p+1/t65-,74+,75+,76+,77-,78+,79+,80+,81-,82-,84+,85?,86+,87-,88-,89+,90+,91+,92+,95+,96-/m1/s1. The van der Waals surface area contributed by atoms with Crippen molar-refractivity contribution >= 4 is 17.8 Å². The summed E-state index contributed by atoms with van der Waals surface area (Å²) in [5.74, 6) is -3.98. The van der Waals surface area contributed by atoms with E-state index in [-0.39, 0.29) is 113 Å². The topological polar surface area (TPSA) is 224 Å². The number of nitrogens with zero attached hydrogens (tertiary/aromatic N) is 3. The van der Waals surface area contributed by atoms with Crippen LogP contribution < -0.4 is 5.43 Å². The van der Waals surface area contributed by atoms with Gasteiger partial charge in [-0.3, -0.25) is 4.79 Å². The van der Waals surface area contributed by atoms with Crippen LogP contribution >= 0.6 is 0 Å². The molecular formula is C96H113N4O15+. The van der Waals surface area contributed by atoms with Crippen molar-refractivity contribution in [1.82, 2.24) is 5.43 Å². The first-order valence-electron chi connectivity index (χ1n) is 41.6. The highest BCUT2D eigenvalue weighted by molar-refractivity contribution is 6.32. The van der Waals surface area contributed by atoms with Crippen LogP contribution in [-0.4, -0.2) is 115 Å². The van der Waals surface area contributed by atoms with Crippen molar-refractivity contribution in [3.63, 3.8) is 0 Å². The molecule has 2 heterocycles. The highest BCUT2D eigenvalue weighted by Gasteiger charge is 2.71. The van der Waals surface area contributed by atoms with E-state index >= 15 is 0 Å². The van der Waals surface area contributed by atoms with Gasteiger partial charge in [0.05, 0.1) is 89.8 Å². The Balaban J connectivity index is 0.951. The Morgan fingerprint density at radius 2 is 0.870 bits per heavy atom. The summed E-state index contributed by atoms with van der Waals surface area (Å²) in [5, 5.41) is 10.7. The van der Waals surface area contributed by atoms with Crippen LogP contribution in [0.15, 0.2) is 243 Å². The second-order valence-electron chi connectivity index (χ2n) is 33.1. The summed E-state index contributed by atoms with van der Waals surface area (Å²) in [6.07, 6.45) is -2.25. The molecule has 2 N–H and O–H groups in total. The molecule has 8 aromatic rings. The second kappa shape index (κ2) is 39.8. The molecule has 19 heteroatoms. The van der Waals surface area contributed by atoms with Gasteiger partial charge in [0, 0.05) is 11.2 Å². The van der Waals surface area contributed by atoms with Gasteiger partial charge < -0.3 is 57.2 Å². The highest BCUT2D eigenvalue weighted by Crippen LogP contribution is 2.73. The van der Waals surface area contributed by atoms with Crippen LogP contribution in [0.5, 0.6) is 0 Å². The second-order valence-corrected chi connectivity index (χ2v) is 33.1. The van der Waals surface area contributed by atoms with Gasteiger partial charge in [-0.05, 0) is 161 Å². The van der Waals surface area contributed by atoms with Gasteiger partial charge in [-0.15, -0.1) is 5.43 Å². The fourth-order valence-corrected chi connectivity index (χ4v) is 20.8. The summed E-state index contributed by atoms with van der Waals surface area (Å²) in [5.41, 5.74) is 20.6. The summed E-state index contributed by atoms with van der Waals surface area (Å²) in [7, 11) is 0. The zero-order chi connectivity index (χ0) is 79.5. The first-order valence-corrected chi connectivity index (χ1v) is 41.6.